The summed E-state index contributed by atoms with van der Waals surface area (Å²) in [5, 5.41) is 3.61. The summed E-state index contributed by atoms with van der Waals surface area (Å²) < 4.78 is 0. The number of aryl methyl sites for hydroxylation is 2. The van der Waals surface area contributed by atoms with Gasteiger partial charge in [0.1, 0.15) is 0 Å². The molecule has 0 spiro atoms. The third kappa shape index (κ3) is 2.82. The van der Waals surface area contributed by atoms with E-state index < -0.39 is 0 Å². The molecule has 24 heavy (non-hydrogen) atoms. The van der Waals surface area contributed by atoms with Crippen molar-refractivity contribution >= 4 is 5.91 Å². The van der Waals surface area contributed by atoms with Crippen LogP contribution < -0.4 is 5.32 Å². The van der Waals surface area contributed by atoms with Crippen LogP contribution in [0.5, 0.6) is 0 Å². The van der Waals surface area contributed by atoms with E-state index in [4.69, 9.17) is 0 Å². The number of aromatic nitrogens is 1. The number of nitrogens with one attached hydrogen (secondary N) is 1. The Hall–Kier alpha value is -2.20. The van der Waals surface area contributed by atoms with Crippen molar-refractivity contribution in [2.45, 2.75) is 44.3 Å². The van der Waals surface area contributed by atoms with Crippen molar-refractivity contribution in [3.8, 4) is 0 Å². The summed E-state index contributed by atoms with van der Waals surface area (Å²) in [4.78, 5) is 18.3. The second-order valence-corrected chi connectivity index (χ2v) is 6.88. The SMILES string of the molecule is CN1C(=O)C[C@@H](NCc2ccc3c(c2)CCC3)[C@@H]1c1cccnc1. The fourth-order valence-corrected chi connectivity index (χ4v) is 4.04. The molecule has 124 valence electrons. The molecule has 1 aromatic carbocycles. The molecule has 1 saturated heterocycles. The fraction of sp³-hybridized carbons (Fsp3) is 0.400. The van der Waals surface area contributed by atoms with Gasteiger partial charge in [0.2, 0.25) is 5.91 Å². The molecular weight excluding hydrogens is 298 g/mol. The van der Waals surface area contributed by atoms with Crippen LogP contribution >= 0.6 is 0 Å². The molecule has 2 atom stereocenters. The predicted octanol–water partition coefficient (Wildman–Crippen LogP) is 2.63. The Balaban J connectivity index is 1.49. The third-order valence-electron chi connectivity index (χ3n) is 5.34. The highest BCUT2D eigenvalue weighted by atomic mass is 16.2. The van der Waals surface area contributed by atoms with E-state index in [9.17, 15) is 4.79 Å². The molecule has 0 unspecified atom stereocenters. The molecule has 1 aliphatic heterocycles. The van der Waals surface area contributed by atoms with Gasteiger partial charge in [-0.1, -0.05) is 24.3 Å². The Morgan fingerprint density at radius 3 is 2.96 bits per heavy atom. The van der Waals surface area contributed by atoms with E-state index in [1.165, 1.54) is 36.0 Å². The Bertz CT molecular complexity index is 744. The number of carbonyl (C=O) groups excluding carboxylic acids is 1. The van der Waals surface area contributed by atoms with Gasteiger partial charge in [-0.05, 0) is 47.6 Å². The number of benzene rings is 1. The molecule has 1 aliphatic carbocycles. The van der Waals surface area contributed by atoms with Crippen LogP contribution in [0.3, 0.4) is 0 Å². The molecular formula is C20H23N3O. The van der Waals surface area contributed by atoms with Crippen LogP contribution in [-0.2, 0) is 24.2 Å². The highest BCUT2D eigenvalue weighted by Gasteiger charge is 2.38. The van der Waals surface area contributed by atoms with Gasteiger partial charge in [-0.2, -0.15) is 0 Å². The number of nitrogens with zero attached hydrogens (tertiary/aromatic N) is 2. The lowest BCUT2D eigenvalue weighted by Gasteiger charge is -2.26. The van der Waals surface area contributed by atoms with E-state index in [-0.39, 0.29) is 18.0 Å². The lowest BCUT2D eigenvalue weighted by molar-refractivity contribution is -0.127. The topological polar surface area (TPSA) is 45.2 Å². The molecule has 4 rings (SSSR count). The molecule has 1 aromatic heterocycles. The summed E-state index contributed by atoms with van der Waals surface area (Å²) >= 11 is 0. The van der Waals surface area contributed by atoms with Gasteiger partial charge in [0.25, 0.3) is 0 Å². The van der Waals surface area contributed by atoms with Crippen LogP contribution in [0, 0.1) is 0 Å². The summed E-state index contributed by atoms with van der Waals surface area (Å²) in [5.41, 5.74) is 5.40. The predicted molar refractivity (Wildman–Crippen MR) is 93.5 cm³/mol. The second-order valence-electron chi connectivity index (χ2n) is 6.88. The standard InChI is InChI=1S/C20H23N3O/c1-23-19(24)11-18(20(23)17-6-3-9-21-13-17)22-12-14-7-8-15-4-2-5-16(15)10-14/h3,6-10,13,18,20,22H,2,4-5,11-12H2,1H3/t18-,20+/m1/s1. The largest absolute Gasteiger partial charge is 0.337 e. The number of carbonyl (C=O) groups is 1. The summed E-state index contributed by atoms with van der Waals surface area (Å²) in [6.07, 6.45) is 7.87. The van der Waals surface area contributed by atoms with Crippen LogP contribution in [-0.4, -0.2) is 28.9 Å². The van der Waals surface area contributed by atoms with Gasteiger partial charge in [-0.15, -0.1) is 0 Å². The number of hydrogen-bond donors (Lipinski definition) is 1. The normalized spacial score (nSPS) is 22.9. The molecule has 4 heteroatoms. The number of rotatable bonds is 4. The van der Waals surface area contributed by atoms with Crippen molar-refractivity contribution in [2.75, 3.05) is 7.05 Å². The molecule has 2 aliphatic rings. The molecule has 0 bridgehead atoms. The Labute approximate surface area is 142 Å². The average Bonchev–Trinajstić information content (AvgIpc) is 3.18. The highest BCUT2D eigenvalue weighted by molar-refractivity contribution is 5.80. The van der Waals surface area contributed by atoms with Gasteiger partial charge in [0.15, 0.2) is 0 Å². The lowest BCUT2D eigenvalue weighted by atomic mass is 10.0. The van der Waals surface area contributed by atoms with Gasteiger partial charge >= 0.3 is 0 Å². The molecule has 2 heterocycles. The van der Waals surface area contributed by atoms with E-state index in [1.807, 2.05) is 24.2 Å². The Morgan fingerprint density at radius 2 is 2.12 bits per heavy atom. The van der Waals surface area contributed by atoms with Crippen molar-refractivity contribution in [3.05, 3.63) is 65.0 Å². The van der Waals surface area contributed by atoms with E-state index in [0.717, 1.165) is 12.1 Å². The summed E-state index contributed by atoms with van der Waals surface area (Å²) in [5.74, 6) is 0.190. The van der Waals surface area contributed by atoms with Crippen molar-refractivity contribution in [1.29, 1.82) is 0 Å². The summed E-state index contributed by atoms with van der Waals surface area (Å²) in [6, 6.07) is 11.0. The average molecular weight is 321 g/mol. The van der Waals surface area contributed by atoms with Crippen molar-refractivity contribution in [3.63, 3.8) is 0 Å². The molecule has 0 radical (unpaired) electrons. The van der Waals surface area contributed by atoms with Crippen LogP contribution in [0.1, 0.15) is 41.1 Å². The van der Waals surface area contributed by atoms with Crippen molar-refractivity contribution in [2.24, 2.45) is 0 Å². The molecule has 1 amide bonds. The van der Waals surface area contributed by atoms with Crippen molar-refractivity contribution in [1.82, 2.24) is 15.2 Å². The molecule has 4 nitrogen and oxygen atoms in total. The van der Waals surface area contributed by atoms with E-state index in [2.05, 4.69) is 34.6 Å². The Morgan fingerprint density at radius 1 is 1.25 bits per heavy atom. The first kappa shape index (κ1) is 15.3. The first-order chi connectivity index (χ1) is 11.7. The Kier molecular flexibility index (Phi) is 4.07. The minimum atomic E-state index is 0.0561. The van der Waals surface area contributed by atoms with E-state index in [0.29, 0.717) is 6.42 Å². The molecule has 2 aromatic rings. The molecule has 0 saturated carbocycles. The lowest BCUT2D eigenvalue weighted by Crippen LogP contribution is -2.34. The molecule has 1 N–H and O–H groups in total. The second kappa shape index (κ2) is 6.36. The van der Waals surface area contributed by atoms with Gasteiger partial charge in [-0.3, -0.25) is 9.78 Å². The number of likely N-dealkylation sites (N-methyl/N-ethyl adjacent to an activating group) is 1. The first-order valence-corrected chi connectivity index (χ1v) is 8.72. The quantitative estimate of drug-likeness (QED) is 0.941. The zero-order valence-electron chi connectivity index (χ0n) is 14.0. The van der Waals surface area contributed by atoms with Gasteiger partial charge < -0.3 is 10.2 Å². The zero-order valence-corrected chi connectivity index (χ0v) is 14.0. The number of hydrogen-bond acceptors (Lipinski definition) is 3. The fourth-order valence-electron chi connectivity index (χ4n) is 4.04. The van der Waals surface area contributed by atoms with Crippen LogP contribution in [0.2, 0.25) is 0 Å². The van der Waals surface area contributed by atoms with Gasteiger partial charge in [0.05, 0.1) is 6.04 Å². The summed E-state index contributed by atoms with van der Waals surface area (Å²) in [6.45, 7) is 0.801. The highest BCUT2D eigenvalue weighted by Crippen LogP contribution is 2.31. The first-order valence-electron chi connectivity index (χ1n) is 8.72. The maximum Gasteiger partial charge on any atom is 0.224 e. The smallest absolute Gasteiger partial charge is 0.224 e. The van der Waals surface area contributed by atoms with Crippen LogP contribution in [0.4, 0.5) is 0 Å². The maximum atomic E-state index is 12.2. The monoisotopic (exact) mass is 321 g/mol. The third-order valence-corrected chi connectivity index (χ3v) is 5.34. The maximum absolute atomic E-state index is 12.2. The van der Waals surface area contributed by atoms with Gasteiger partial charge in [-0.25, -0.2) is 0 Å². The number of pyridine rings is 1. The van der Waals surface area contributed by atoms with Crippen LogP contribution in [0.25, 0.3) is 0 Å². The number of likely N-dealkylation sites (tertiary alicyclic amines) is 1. The minimum Gasteiger partial charge on any atom is -0.337 e. The van der Waals surface area contributed by atoms with Gasteiger partial charge in [0, 0.05) is 38.4 Å². The van der Waals surface area contributed by atoms with Crippen molar-refractivity contribution < 1.29 is 4.79 Å². The number of fused-ring (bicyclic) bond motifs is 1. The van der Waals surface area contributed by atoms with E-state index >= 15 is 0 Å². The minimum absolute atomic E-state index is 0.0561. The summed E-state index contributed by atoms with van der Waals surface area (Å²) in [7, 11) is 1.89. The van der Waals surface area contributed by atoms with E-state index in [1.54, 1.807) is 6.20 Å². The molecule has 1 fully saturated rings. The zero-order chi connectivity index (χ0) is 16.5. The number of amides is 1. The van der Waals surface area contributed by atoms with Crippen LogP contribution in [0.15, 0.2) is 42.7 Å².